The van der Waals surface area contributed by atoms with Crippen molar-refractivity contribution in [2.75, 3.05) is 7.05 Å². The fraction of sp³-hybridized carbons (Fsp3) is 0.333. The summed E-state index contributed by atoms with van der Waals surface area (Å²) in [5, 5.41) is 21.8. The van der Waals surface area contributed by atoms with Crippen molar-refractivity contribution in [3.8, 4) is 11.5 Å². The number of rotatable bonds is 4. The van der Waals surface area contributed by atoms with Crippen molar-refractivity contribution >= 4 is 5.69 Å². The van der Waals surface area contributed by atoms with Gasteiger partial charge in [0.05, 0.1) is 11.0 Å². The normalized spacial score (nSPS) is 12.4. The van der Waals surface area contributed by atoms with Crippen molar-refractivity contribution in [1.29, 1.82) is 0 Å². The number of nitrogens with one attached hydrogen (secondary N) is 1. The molecule has 1 aromatic heterocycles. The minimum absolute atomic E-state index is 0.0349. The van der Waals surface area contributed by atoms with Crippen molar-refractivity contribution in [2.24, 2.45) is 0 Å². The molecule has 7 heteroatoms. The second-order valence-corrected chi connectivity index (χ2v) is 4.18. The average molecular weight is 262 g/mol. The minimum atomic E-state index is -0.451. The molecule has 0 radical (unpaired) electrons. The topological polar surface area (TPSA) is 94.1 Å². The van der Waals surface area contributed by atoms with Crippen molar-refractivity contribution in [3.05, 3.63) is 39.8 Å². The predicted molar refractivity (Wildman–Crippen MR) is 68.6 cm³/mol. The lowest BCUT2D eigenvalue weighted by Crippen LogP contribution is -2.12. The van der Waals surface area contributed by atoms with Gasteiger partial charge in [-0.3, -0.25) is 10.1 Å². The molecule has 0 saturated carbocycles. The maximum absolute atomic E-state index is 11.0. The zero-order chi connectivity index (χ0) is 14.0. The fourth-order valence-corrected chi connectivity index (χ4v) is 1.72. The van der Waals surface area contributed by atoms with E-state index in [0.29, 0.717) is 11.5 Å². The highest BCUT2D eigenvalue weighted by Crippen LogP contribution is 2.32. The van der Waals surface area contributed by atoms with Crippen LogP contribution in [0.5, 0.6) is 0 Å². The molecule has 1 N–H and O–H groups in total. The van der Waals surface area contributed by atoms with Gasteiger partial charge in [-0.2, -0.15) is 0 Å². The molecule has 2 rings (SSSR count). The first kappa shape index (κ1) is 13.2. The van der Waals surface area contributed by atoms with Gasteiger partial charge in [-0.25, -0.2) is 0 Å². The molecule has 0 saturated heterocycles. The number of hydrogen-bond donors (Lipinski definition) is 1. The van der Waals surface area contributed by atoms with Crippen molar-refractivity contribution in [2.45, 2.75) is 19.9 Å². The van der Waals surface area contributed by atoms with Gasteiger partial charge in [0.2, 0.25) is 5.89 Å². The second-order valence-electron chi connectivity index (χ2n) is 4.18. The van der Waals surface area contributed by atoms with E-state index < -0.39 is 4.92 Å². The first-order valence-electron chi connectivity index (χ1n) is 5.79. The summed E-state index contributed by atoms with van der Waals surface area (Å²) in [4.78, 5) is 10.6. The van der Waals surface area contributed by atoms with Gasteiger partial charge in [0.25, 0.3) is 11.6 Å². The van der Waals surface area contributed by atoms with Crippen LogP contribution in [0, 0.1) is 17.0 Å². The van der Waals surface area contributed by atoms with Crippen LogP contribution >= 0.6 is 0 Å². The van der Waals surface area contributed by atoms with Crippen LogP contribution in [0.1, 0.15) is 24.4 Å². The molecule has 1 unspecified atom stereocenters. The Hall–Kier alpha value is -2.28. The van der Waals surface area contributed by atoms with E-state index >= 15 is 0 Å². The number of aromatic nitrogens is 2. The lowest BCUT2D eigenvalue weighted by molar-refractivity contribution is -0.384. The highest BCUT2D eigenvalue weighted by atomic mass is 16.6. The maximum atomic E-state index is 11.0. The minimum Gasteiger partial charge on any atom is -0.419 e. The Bertz CT molecular complexity index is 609. The molecule has 100 valence electrons. The number of hydrogen-bond acceptors (Lipinski definition) is 6. The summed E-state index contributed by atoms with van der Waals surface area (Å²) >= 11 is 0. The molecule has 0 aliphatic rings. The van der Waals surface area contributed by atoms with E-state index in [0.717, 1.165) is 5.56 Å². The summed E-state index contributed by atoms with van der Waals surface area (Å²) in [6, 6.07) is 4.72. The molecule has 0 spiro atoms. The second kappa shape index (κ2) is 5.15. The van der Waals surface area contributed by atoms with Gasteiger partial charge >= 0.3 is 0 Å². The van der Waals surface area contributed by atoms with E-state index in [1.807, 2.05) is 6.92 Å². The molecule has 1 heterocycles. The predicted octanol–water partition coefficient (Wildman–Crippen LogP) is 2.23. The van der Waals surface area contributed by atoms with Crippen LogP contribution in [0.4, 0.5) is 5.69 Å². The third-order valence-corrected chi connectivity index (χ3v) is 2.91. The number of aryl methyl sites for hydroxylation is 1. The van der Waals surface area contributed by atoms with Crippen LogP contribution in [0.15, 0.2) is 22.6 Å². The van der Waals surface area contributed by atoms with Crippen molar-refractivity contribution in [3.63, 3.8) is 0 Å². The molecule has 2 aromatic rings. The first-order valence-corrected chi connectivity index (χ1v) is 5.79. The summed E-state index contributed by atoms with van der Waals surface area (Å²) in [7, 11) is 1.77. The number of nitrogens with zero attached hydrogens (tertiary/aromatic N) is 3. The van der Waals surface area contributed by atoms with Gasteiger partial charge in [-0.1, -0.05) is 12.1 Å². The van der Waals surface area contributed by atoms with Crippen LogP contribution in [0.2, 0.25) is 0 Å². The van der Waals surface area contributed by atoms with Crippen molar-refractivity contribution in [1.82, 2.24) is 15.5 Å². The van der Waals surface area contributed by atoms with Gasteiger partial charge in [0.1, 0.15) is 5.56 Å². The SMILES string of the molecule is CNC(C)c1nnc(-c2c(C)cccc2[N+](=O)[O-])o1. The van der Waals surface area contributed by atoms with E-state index in [1.54, 1.807) is 26.1 Å². The summed E-state index contributed by atoms with van der Waals surface area (Å²) in [5.41, 5.74) is 1.06. The molecule has 19 heavy (non-hydrogen) atoms. The zero-order valence-electron chi connectivity index (χ0n) is 10.9. The third-order valence-electron chi connectivity index (χ3n) is 2.91. The third kappa shape index (κ3) is 2.45. The molecule has 7 nitrogen and oxygen atoms in total. The van der Waals surface area contributed by atoms with E-state index in [1.165, 1.54) is 6.07 Å². The lowest BCUT2D eigenvalue weighted by atomic mass is 10.1. The fourth-order valence-electron chi connectivity index (χ4n) is 1.72. The van der Waals surface area contributed by atoms with E-state index in [-0.39, 0.29) is 17.6 Å². The van der Waals surface area contributed by atoms with E-state index in [4.69, 9.17) is 4.42 Å². The average Bonchev–Trinajstić information content (AvgIpc) is 2.86. The number of nitro groups is 1. The highest BCUT2D eigenvalue weighted by Gasteiger charge is 2.23. The van der Waals surface area contributed by atoms with Crippen LogP contribution in [-0.2, 0) is 0 Å². The van der Waals surface area contributed by atoms with Crippen LogP contribution in [0.3, 0.4) is 0 Å². The van der Waals surface area contributed by atoms with Crippen molar-refractivity contribution < 1.29 is 9.34 Å². The van der Waals surface area contributed by atoms with E-state index in [9.17, 15) is 10.1 Å². The smallest absolute Gasteiger partial charge is 0.282 e. The summed E-state index contributed by atoms with van der Waals surface area (Å²) < 4.78 is 5.50. The molecule has 0 aliphatic carbocycles. The number of benzene rings is 1. The Morgan fingerprint density at radius 3 is 2.79 bits per heavy atom. The zero-order valence-corrected chi connectivity index (χ0v) is 10.9. The van der Waals surface area contributed by atoms with Gasteiger partial charge in [0, 0.05) is 6.07 Å². The molecule has 0 amide bonds. The Morgan fingerprint density at radius 2 is 2.16 bits per heavy atom. The number of nitro benzene ring substituents is 1. The van der Waals surface area contributed by atoms with Gasteiger partial charge < -0.3 is 9.73 Å². The largest absolute Gasteiger partial charge is 0.419 e. The Labute approximate surface area is 109 Å². The molecule has 0 bridgehead atoms. The standard InChI is InChI=1S/C12H14N4O3/c1-7-5-4-6-9(16(17)18)10(7)12-15-14-11(19-12)8(2)13-3/h4-6,8,13H,1-3H3. The summed E-state index contributed by atoms with van der Waals surface area (Å²) in [6.07, 6.45) is 0. The molecule has 0 aliphatic heterocycles. The molecular formula is C12H14N4O3. The Morgan fingerprint density at radius 1 is 1.42 bits per heavy atom. The van der Waals surface area contributed by atoms with E-state index in [2.05, 4.69) is 15.5 Å². The highest BCUT2D eigenvalue weighted by molar-refractivity contribution is 5.70. The quantitative estimate of drug-likeness (QED) is 0.670. The monoisotopic (exact) mass is 262 g/mol. The summed E-state index contributed by atoms with van der Waals surface area (Å²) in [5.74, 6) is 0.567. The lowest BCUT2D eigenvalue weighted by Gasteiger charge is -2.04. The molecular weight excluding hydrogens is 248 g/mol. The summed E-state index contributed by atoms with van der Waals surface area (Å²) in [6.45, 7) is 3.64. The van der Waals surface area contributed by atoms with Gasteiger partial charge in [-0.05, 0) is 26.5 Å². The molecule has 1 aromatic carbocycles. The maximum Gasteiger partial charge on any atom is 0.282 e. The van der Waals surface area contributed by atoms with Crippen LogP contribution in [-0.4, -0.2) is 22.2 Å². The van der Waals surface area contributed by atoms with Gasteiger partial charge in [0.15, 0.2) is 0 Å². The molecule has 0 fully saturated rings. The molecule has 1 atom stereocenters. The van der Waals surface area contributed by atoms with Crippen LogP contribution in [0.25, 0.3) is 11.5 Å². The first-order chi connectivity index (χ1) is 9.04. The van der Waals surface area contributed by atoms with Crippen LogP contribution < -0.4 is 5.32 Å². The van der Waals surface area contributed by atoms with Gasteiger partial charge in [-0.15, -0.1) is 10.2 Å². The Kier molecular flexibility index (Phi) is 3.57. The Balaban J connectivity index is 2.53.